The van der Waals surface area contributed by atoms with Crippen LogP contribution in [0.25, 0.3) is 0 Å². The average molecular weight is 252 g/mol. The van der Waals surface area contributed by atoms with Crippen LogP contribution in [0.4, 0.5) is 5.69 Å². The number of benzene rings is 1. The highest BCUT2D eigenvalue weighted by Gasteiger charge is 2.11. The lowest BCUT2D eigenvalue weighted by atomic mass is 10.2. The fourth-order valence-electron chi connectivity index (χ4n) is 1.36. The molecule has 0 bridgehead atoms. The van der Waals surface area contributed by atoms with Gasteiger partial charge in [0.05, 0.1) is 6.04 Å². The highest BCUT2D eigenvalue weighted by atomic mass is 32.2. The largest absolute Gasteiger partial charge is 0.325 e. The Morgan fingerprint density at radius 3 is 2.59 bits per heavy atom. The molecule has 94 valence electrons. The van der Waals surface area contributed by atoms with E-state index in [0.29, 0.717) is 0 Å². The summed E-state index contributed by atoms with van der Waals surface area (Å²) in [7, 11) is 0. The van der Waals surface area contributed by atoms with Gasteiger partial charge in [0, 0.05) is 18.0 Å². The molecule has 0 aliphatic heterocycles. The minimum Gasteiger partial charge on any atom is -0.325 e. The van der Waals surface area contributed by atoms with E-state index in [1.165, 1.54) is 5.56 Å². The number of amides is 1. The van der Waals surface area contributed by atoms with Crippen molar-refractivity contribution in [3.8, 4) is 0 Å². The lowest BCUT2D eigenvalue weighted by molar-refractivity contribution is -0.117. The lowest BCUT2D eigenvalue weighted by Crippen LogP contribution is -2.39. The maximum atomic E-state index is 11.8. The van der Waals surface area contributed by atoms with Crippen molar-refractivity contribution in [2.45, 2.75) is 19.9 Å². The van der Waals surface area contributed by atoms with E-state index in [9.17, 15) is 4.79 Å². The predicted octanol–water partition coefficient (Wildman–Crippen LogP) is 2.27. The average Bonchev–Trinajstić information content (AvgIpc) is 2.32. The highest BCUT2D eigenvalue weighted by molar-refractivity contribution is 7.98. The molecule has 3 nitrogen and oxygen atoms in total. The molecule has 4 heteroatoms. The lowest BCUT2D eigenvalue weighted by Gasteiger charge is -2.13. The van der Waals surface area contributed by atoms with Crippen molar-refractivity contribution in [1.29, 1.82) is 0 Å². The van der Waals surface area contributed by atoms with Crippen LogP contribution in [0.3, 0.4) is 0 Å². The van der Waals surface area contributed by atoms with Crippen molar-refractivity contribution in [1.82, 2.24) is 5.32 Å². The van der Waals surface area contributed by atoms with E-state index in [4.69, 9.17) is 0 Å². The molecule has 0 aliphatic carbocycles. The summed E-state index contributed by atoms with van der Waals surface area (Å²) in [6, 6.07) is 7.65. The Hall–Kier alpha value is -1.00. The van der Waals surface area contributed by atoms with E-state index in [-0.39, 0.29) is 11.9 Å². The second-order valence-electron chi connectivity index (χ2n) is 4.02. The van der Waals surface area contributed by atoms with Gasteiger partial charge in [-0.15, -0.1) is 0 Å². The van der Waals surface area contributed by atoms with E-state index < -0.39 is 0 Å². The summed E-state index contributed by atoms with van der Waals surface area (Å²) in [6.45, 7) is 4.76. The fraction of sp³-hybridized carbons (Fsp3) is 0.462. The van der Waals surface area contributed by atoms with E-state index in [2.05, 4.69) is 16.9 Å². The zero-order chi connectivity index (χ0) is 12.7. The van der Waals surface area contributed by atoms with Crippen LogP contribution in [0.1, 0.15) is 12.5 Å². The van der Waals surface area contributed by atoms with Gasteiger partial charge in [0.15, 0.2) is 0 Å². The smallest absolute Gasteiger partial charge is 0.241 e. The van der Waals surface area contributed by atoms with Crippen molar-refractivity contribution < 1.29 is 4.79 Å². The molecule has 0 saturated carbocycles. The van der Waals surface area contributed by atoms with E-state index in [1.807, 2.05) is 38.1 Å². The Balaban J connectivity index is 2.40. The molecule has 0 heterocycles. The molecule has 0 aliphatic rings. The number of hydrogen-bond acceptors (Lipinski definition) is 3. The van der Waals surface area contributed by atoms with Gasteiger partial charge in [0.2, 0.25) is 5.91 Å². The van der Waals surface area contributed by atoms with Crippen LogP contribution < -0.4 is 10.6 Å². The maximum Gasteiger partial charge on any atom is 0.241 e. The number of rotatable bonds is 6. The fourth-order valence-corrected chi connectivity index (χ4v) is 1.68. The normalized spacial score (nSPS) is 12.2. The van der Waals surface area contributed by atoms with Gasteiger partial charge >= 0.3 is 0 Å². The number of hydrogen-bond donors (Lipinski definition) is 2. The van der Waals surface area contributed by atoms with E-state index >= 15 is 0 Å². The molecule has 1 rings (SSSR count). The standard InChI is InChI=1S/C13H20N2OS/c1-10-4-6-12(7-5-10)15-13(16)11(2)14-8-9-17-3/h4-7,11,14H,8-9H2,1-3H3,(H,15,16). The monoisotopic (exact) mass is 252 g/mol. The summed E-state index contributed by atoms with van der Waals surface area (Å²) in [6.07, 6.45) is 2.05. The summed E-state index contributed by atoms with van der Waals surface area (Å²) in [5, 5.41) is 6.07. The SMILES string of the molecule is CSCCNC(C)C(=O)Nc1ccc(C)cc1. The molecule has 1 aromatic rings. The summed E-state index contributed by atoms with van der Waals surface area (Å²) in [5.41, 5.74) is 2.04. The molecule has 0 saturated heterocycles. The second kappa shape index (κ2) is 7.35. The van der Waals surface area contributed by atoms with Crippen LogP contribution in [0.15, 0.2) is 24.3 Å². The van der Waals surface area contributed by atoms with Crippen LogP contribution in [0.2, 0.25) is 0 Å². The number of nitrogens with one attached hydrogen (secondary N) is 2. The highest BCUT2D eigenvalue weighted by Crippen LogP contribution is 2.08. The number of anilines is 1. The first kappa shape index (κ1) is 14.1. The van der Waals surface area contributed by atoms with Gasteiger partial charge in [0.25, 0.3) is 0 Å². The minimum absolute atomic E-state index is 0.00922. The van der Waals surface area contributed by atoms with Crippen molar-refractivity contribution in [2.24, 2.45) is 0 Å². The molecule has 0 radical (unpaired) electrons. The Bertz CT molecular complexity index is 351. The van der Waals surface area contributed by atoms with Crippen LogP contribution in [0.5, 0.6) is 0 Å². The van der Waals surface area contributed by atoms with Gasteiger partial charge in [0.1, 0.15) is 0 Å². The van der Waals surface area contributed by atoms with Crippen molar-refractivity contribution >= 4 is 23.4 Å². The molecule has 0 spiro atoms. The van der Waals surface area contributed by atoms with Gasteiger partial charge in [-0.3, -0.25) is 4.79 Å². The van der Waals surface area contributed by atoms with Gasteiger partial charge in [-0.2, -0.15) is 11.8 Å². The molecule has 1 unspecified atom stereocenters. The van der Waals surface area contributed by atoms with E-state index in [0.717, 1.165) is 18.0 Å². The molecule has 2 N–H and O–H groups in total. The number of carbonyl (C=O) groups excluding carboxylic acids is 1. The van der Waals surface area contributed by atoms with Gasteiger partial charge in [-0.05, 0) is 32.2 Å². The summed E-state index contributed by atoms with van der Waals surface area (Å²) >= 11 is 1.77. The minimum atomic E-state index is -0.163. The molecular formula is C13H20N2OS. The Kier molecular flexibility index (Phi) is 6.08. The molecule has 0 aromatic heterocycles. The van der Waals surface area contributed by atoms with Crippen molar-refractivity contribution in [3.05, 3.63) is 29.8 Å². The van der Waals surface area contributed by atoms with Crippen LogP contribution in [-0.2, 0) is 4.79 Å². The zero-order valence-electron chi connectivity index (χ0n) is 10.6. The first-order valence-corrected chi connectivity index (χ1v) is 7.12. The number of thioether (sulfide) groups is 1. The molecular weight excluding hydrogens is 232 g/mol. The Morgan fingerprint density at radius 1 is 1.35 bits per heavy atom. The Labute approximate surface area is 107 Å². The van der Waals surface area contributed by atoms with Crippen LogP contribution >= 0.6 is 11.8 Å². The van der Waals surface area contributed by atoms with Crippen LogP contribution in [0, 0.1) is 6.92 Å². The maximum absolute atomic E-state index is 11.8. The molecule has 1 atom stereocenters. The summed E-state index contributed by atoms with van der Waals surface area (Å²) in [4.78, 5) is 11.8. The first-order chi connectivity index (χ1) is 8.13. The van der Waals surface area contributed by atoms with Crippen molar-refractivity contribution in [3.63, 3.8) is 0 Å². The third kappa shape index (κ3) is 5.24. The summed E-state index contributed by atoms with van der Waals surface area (Å²) < 4.78 is 0. The summed E-state index contributed by atoms with van der Waals surface area (Å²) in [5.74, 6) is 1.03. The quantitative estimate of drug-likeness (QED) is 0.763. The van der Waals surface area contributed by atoms with Crippen LogP contribution in [-0.4, -0.2) is 30.5 Å². The number of carbonyl (C=O) groups is 1. The first-order valence-electron chi connectivity index (χ1n) is 5.73. The molecule has 1 aromatic carbocycles. The molecule has 1 amide bonds. The number of aryl methyl sites for hydroxylation is 1. The third-order valence-corrected chi connectivity index (χ3v) is 3.08. The predicted molar refractivity (Wildman–Crippen MR) is 75.7 cm³/mol. The van der Waals surface area contributed by atoms with Crippen molar-refractivity contribution in [2.75, 3.05) is 23.9 Å². The van der Waals surface area contributed by atoms with Gasteiger partial charge in [-0.25, -0.2) is 0 Å². The third-order valence-electron chi connectivity index (χ3n) is 2.47. The molecule has 0 fully saturated rings. The van der Waals surface area contributed by atoms with Gasteiger partial charge in [-0.1, -0.05) is 17.7 Å². The zero-order valence-corrected chi connectivity index (χ0v) is 11.4. The Morgan fingerprint density at radius 2 is 2.00 bits per heavy atom. The van der Waals surface area contributed by atoms with Gasteiger partial charge < -0.3 is 10.6 Å². The van der Waals surface area contributed by atoms with E-state index in [1.54, 1.807) is 11.8 Å². The second-order valence-corrected chi connectivity index (χ2v) is 5.01. The topological polar surface area (TPSA) is 41.1 Å². The molecule has 17 heavy (non-hydrogen) atoms.